The third kappa shape index (κ3) is 3.48. The minimum absolute atomic E-state index is 0.0544. The molecule has 2 heterocycles. The predicted molar refractivity (Wildman–Crippen MR) is 96.2 cm³/mol. The van der Waals surface area contributed by atoms with Crippen LogP contribution in [0.25, 0.3) is 0 Å². The van der Waals surface area contributed by atoms with Crippen LogP contribution in [-0.4, -0.2) is 53.9 Å². The van der Waals surface area contributed by atoms with Gasteiger partial charge in [0.1, 0.15) is 6.07 Å². The fraction of sp³-hybridized carbons (Fsp3) is 0.500. The summed E-state index contributed by atoms with van der Waals surface area (Å²) >= 11 is 0. The van der Waals surface area contributed by atoms with Gasteiger partial charge in [0.2, 0.25) is 15.9 Å². The van der Waals surface area contributed by atoms with E-state index < -0.39 is 10.0 Å². The van der Waals surface area contributed by atoms with Crippen LogP contribution in [0.1, 0.15) is 49.0 Å². The van der Waals surface area contributed by atoms with Crippen molar-refractivity contribution in [3.63, 3.8) is 0 Å². The fourth-order valence-corrected chi connectivity index (χ4v) is 4.90. The summed E-state index contributed by atoms with van der Waals surface area (Å²) in [5, 5.41) is 13.3. The van der Waals surface area contributed by atoms with Crippen LogP contribution in [0.15, 0.2) is 33.7 Å². The molecule has 1 aliphatic carbocycles. The number of piperazine rings is 1. The van der Waals surface area contributed by atoms with Gasteiger partial charge in [0.15, 0.2) is 5.82 Å². The molecule has 2 aliphatic rings. The first-order chi connectivity index (χ1) is 13.0. The molecule has 0 spiro atoms. The Balaban J connectivity index is 1.44. The molecule has 142 valence electrons. The lowest BCUT2D eigenvalue weighted by Gasteiger charge is -2.36. The van der Waals surface area contributed by atoms with E-state index in [0.29, 0.717) is 38.0 Å². The van der Waals surface area contributed by atoms with Crippen LogP contribution in [0.2, 0.25) is 0 Å². The standard InChI is InChI=1S/C18H21N5O3S/c1-13(18-20-17(21-26-18)14-6-7-14)22-8-10-23(11-9-22)27(24,25)16-5-3-2-4-15(16)12-19/h2-5,13-14H,6-11H2,1H3. The maximum atomic E-state index is 12.9. The zero-order chi connectivity index (χ0) is 19.0. The van der Waals surface area contributed by atoms with Crippen molar-refractivity contribution in [3.8, 4) is 6.07 Å². The van der Waals surface area contributed by atoms with Gasteiger partial charge in [-0.2, -0.15) is 14.6 Å². The normalized spacial score (nSPS) is 20.3. The van der Waals surface area contributed by atoms with Crippen molar-refractivity contribution in [3.05, 3.63) is 41.5 Å². The van der Waals surface area contributed by atoms with Gasteiger partial charge in [0.25, 0.3) is 0 Å². The molecule has 1 atom stereocenters. The molecule has 1 aliphatic heterocycles. The zero-order valence-electron chi connectivity index (χ0n) is 15.1. The first kappa shape index (κ1) is 18.1. The number of rotatable bonds is 5. The molecule has 27 heavy (non-hydrogen) atoms. The molecule has 2 aromatic rings. The highest BCUT2D eigenvalue weighted by Gasteiger charge is 2.34. The molecule has 0 N–H and O–H groups in total. The molecule has 1 aromatic carbocycles. The third-order valence-electron chi connectivity index (χ3n) is 5.20. The van der Waals surface area contributed by atoms with Crippen molar-refractivity contribution in [1.82, 2.24) is 19.3 Å². The molecule has 8 nitrogen and oxygen atoms in total. The monoisotopic (exact) mass is 387 g/mol. The molecule has 1 unspecified atom stereocenters. The number of hydrogen-bond acceptors (Lipinski definition) is 7. The SMILES string of the molecule is CC(c1nc(C2CC2)no1)N1CCN(S(=O)(=O)c2ccccc2C#N)CC1. The van der Waals surface area contributed by atoms with Crippen LogP contribution in [0, 0.1) is 11.3 Å². The second-order valence-corrected chi connectivity index (χ2v) is 8.90. The van der Waals surface area contributed by atoms with Gasteiger partial charge in [-0.25, -0.2) is 8.42 Å². The lowest BCUT2D eigenvalue weighted by Crippen LogP contribution is -2.49. The lowest BCUT2D eigenvalue weighted by atomic mass is 10.2. The minimum atomic E-state index is -3.68. The summed E-state index contributed by atoms with van der Waals surface area (Å²) in [7, 11) is -3.68. The molecule has 2 fully saturated rings. The number of sulfonamides is 1. The van der Waals surface area contributed by atoms with Gasteiger partial charge < -0.3 is 4.52 Å². The van der Waals surface area contributed by atoms with Crippen molar-refractivity contribution in [2.45, 2.75) is 36.6 Å². The summed E-state index contributed by atoms with van der Waals surface area (Å²) < 4.78 is 32.7. The Morgan fingerprint density at radius 1 is 1.22 bits per heavy atom. The molecule has 4 rings (SSSR count). The highest BCUT2D eigenvalue weighted by atomic mass is 32.2. The number of hydrogen-bond donors (Lipinski definition) is 0. The average Bonchev–Trinajstić information content (AvgIpc) is 3.44. The molecular formula is C18H21N5O3S. The second-order valence-electron chi connectivity index (χ2n) is 6.99. The third-order valence-corrected chi connectivity index (χ3v) is 7.16. The smallest absolute Gasteiger partial charge is 0.244 e. The summed E-state index contributed by atoms with van der Waals surface area (Å²) in [6, 6.07) is 8.22. The first-order valence-corrected chi connectivity index (χ1v) is 10.5. The Kier molecular flexibility index (Phi) is 4.72. The fourth-order valence-electron chi connectivity index (χ4n) is 3.33. The number of nitriles is 1. The highest BCUT2D eigenvalue weighted by molar-refractivity contribution is 7.89. The average molecular weight is 387 g/mol. The van der Waals surface area contributed by atoms with E-state index in [1.54, 1.807) is 12.1 Å². The van der Waals surface area contributed by atoms with Crippen LogP contribution in [0.4, 0.5) is 0 Å². The highest BCUT2D eigenvalue weighted by Crippen LogP contribution is 2.38. The molecule has 0 amide bonds. The van der Waals surface area contributed by atoms with Crippen molar-refractivity contribution >= 4 is 10.0 Å². The Labute approximate surface area is 158 Å². The summed E-state index contributed by atoms with van der Waals surface area (Å²) in [6.45, 7) is 3.85. The van der Waals surface area contributed by atoms with E-state index in [4.69, 9.17) is 4.52 Å². The van der Waals surface area contributed by atoms with Crippen molar-refractivity contribution < 1.29 is 12.9 Å². The topological polar surface area (TPSA) is 103 Å². The summed E-state index contributed by atoms with van der Waals surface area (Å²) in [4.78, 5) is 6.71. The molecule has 1 aromatic heterocycles. The van der Waals surface area contributed by atoms with Gasteiger partial charge in [0, 0.05) is 32.1 Å². The van der Waals surface area contributed by atoms with Crippen LogP contribution in [0.3, 0.4) is 0 Å². The lowest BCUT2D eigenvalue weighted by molar-refractivity contribution is 0.124. The van der Waals surface area contributed by atoms with Crippen molar-refractivity contribution in [2.24, 2.45) is 0 Å². The molecule has 1 saturated carbocycles. The van der Waals surface area contributed by atoms with Crippen LogP contribution in [-0.2, 0) is 10.0 Å². The zero-order valence-corrected chi connectivity index (χ0v) is 15.9. The van der Waals surface area contributed by atoms with E-state index >= 15 is 0 Å². The van der Waals surface area contributed by atoms with Crippen molar-refractivity contribution in [1.29, 1.82) is 5.26 Å². The van der Waals surface area contributed by atoms with E-state index in [1.807, 2.05) is 13.0 Å². The Morgan fingerprint density at radius 2 is 1.93 bits per heavy atom. The van der Waals surface area contributed by atoms with E-state index in [2.05, 4.69) is 15.0 Å². The van der Waals surface area contributed by atoms with Gasteiger partial charge in [-0.1, -0.05) is 17.3 Å². The largest absolute Gasteiger partial charge is 0.338 e. The second kappa shape index (κ2) is 7.03. The van der Waals surface area contributed by atoms with Gasteiger partial charge in [-0.05, 0) is 31.9 Å². The van der Waals surface area contributed by atoms with Crippen LogP contribution < -0.4 is 0 Å². The van der Waals surface area contributed by atoms with Gasteiger partial charge >= 0.3 is 0 Å². The maximum Gasteiger partial charge on any atom is 0.244 e. The number of nitrogens with zero attached hydrogens (tertiary/aromatic N) is 5. The number of aromatic nitrogens is 2. The Morgan fingerprint density at radius 3 is 2.59 bits per heavy atom. The minimum Gasteiger partial charge on any atom is -0.338 e. The first-order valence-electron chi connectivity index (χ1n) is 9.07. The van der Waals surface area contributed by atoms with E-state index in [1.165, 1.54) is 16.4 Å². The van der Waals surface area contributed by atoms with E-state index in [9.17, 15) is 13.7 Å². The van der Waals surface area contributed by atoms with Gasteiger partial charge in [-0.15, -0.1) is 0 Å². The van der Waals surface area contributed by atoms with E-state index in [0.717, 1.165) is 18.7 Å². The summed E-state index contributed by atoms with van der Waals surface area (Å²) in [6.07, 6.45) is 2.24. The molecule has 1 saturated heterocycles. The van der Waals surface area contributed by atoms with Crippen LogP contribution in [0.5, 0.6) is 0 Å². The predicted octanol–water partition coefficient (Wildman–Crippen LogP) is 1.89. The van der Waals surface area contributed by atoms with Gasteiger partial charge in [0.05, 0.1) is 16.5 Å². The van der Waals surface area contributed by atoms with E-state index in [-0.39, 0.29) is 16.5 Å². The van der Waals surface area contributed by atoms with Crippen LogP contribution >= 0.6 is 0 Å². The van der Waals surface area contributed by atoms with Crippen molar-refractivity contribution in [2.75, 3.05) is 26.2 Å². The molecule has 9 heteroatoms. The Bertz CT molecular complexity index is 969. The molecule has 0 radical (unpaired) electrons. The quantitative estimate of drug-likeness (QED) is 0.771. The summed E-state index contributed by atoms with van der Waals surface area (Å²) in [5.41, 5.74) is 0.173. The summed E-state index contributed by atoms with van der Waals surface area (Å²) in [5.74, 6) is 1.81. The number of benzene rings is 1. The van der Waals surface area contributed by atoms with Gasteiger partial charge in [-0.3, -0.25) is 4.90 Å². The molecule has 0 bridgehead atoms. The Hall–Kier alpha value is -2.28. The molecular weight excluding hydrogens is 366 g/mol. The maximum absolute atomic E-state index is 12.9.